The molecule has 0 radical (unpaired) electrons. The molecule has 3 amide bonds. The zero-order chi connectivity index (χ0) is 16.0. The van der Waals surface area contributed by atoms with Crippen molar-refractivity contribution in [1.29, 1.82) is 0 Å². The Hall–Kier alpha value is -1.63. The van der Waals surface area contributed by atoms with E-state index < -0.39 is 23.3 Å². The van der Waals surface area contributed by atoms with Crippen LogP contribution in [0, 0.1) is 5.41 Å². The van der Waals surface area contributed by atoms with Gasteiger partial charge in [-0.25, -0.2) is 4.79 Å². The van der Waals surface area contributed by atoms with Crippen LogP contribution in [-0.2, 0) is 9.59 Å². The summed E-state index contributed by atoms with van der Waals surface area (Å²) in [4.78, 5) is 36.4. The van der Waals surface area contributed by atoms with E-state index in [0.717, 1.165) is 19.4 Å². The van der Waals surface area contributed by atoms with Gasteiger partial charge in [-0.05, 0) is 40.3 Å². The van der Waals surface area contributed by atoms with Crippen LogP contribution in [0.25, 0.3) is 0 Å². The van der Waals surface area contributed by atoms with Crippen LogP contribution in [0.2, 0.25) is 0 Å². The Balaban J connectivity index is 2.33. The van der Waals surface area contributed by atoms with Crippen LogP contribution in [-0.4, -0.2) is 54.1 Å². The molecule has 7 heteroatoms. The number of nitrogens with one attached hydrogen (secondary N) is 2. The fourth-order valence-corrected chi connectivity index (χ4v) is 2.30. The van der Waals surface area contributed by atoms with Gasteiger partial charge in [0.25, 0.3) is 0 Å². The number of carbonyl (C=O) groups is 3. The van der Waals surface area contributed by atoms with Gasteiger partial charge in [-0.3, -0.25) is 14.9 Å². The summed E-state index contributed by atoms with van der Waals surface area (Å²) in [6, 6.07) is -0.282. The van der Waals surface area contributed by atoms with E-state index in [1.165, 1.54) is 20.3 Å². The predicted octanol–water partition coefficient (Wildman–Crippen LogP) is 0.797. The van der Waals surface area contributed by atoms with Crippen LogP contribution in [0.5, 0.6) is 0 Å². The summed E-state index contributed by atoms with van der Waals surface area (Å²) in [6.07, 6.45) is 3.10. The van der Waals surface area contributed by atoms with E-state index in [1.807, 2.05) is 7.05 Å². The highest BCUT2D eigenvalue weighted by molar-refractivity contribution is 5.96. The SMILES string of the molecule is CN1CCCCC1CNC(=O)NC(=O)CC(C)(C)C(=O)O. The lowest BCUT2D eigenvalue weighted by Gasteiger charge is -2.32. The second kappa shape index (κ2) is 7.40. The van der Waals surface area contributed by atoms with E-state index in [2.05, 4.69) is 15.5 Å². The molecule has 0 aromatic heterocycles. The normalized spacial score (nSPS) is 19.9. The molecular formula is C14H25N3O4. The summed E-state index contributed by atoms with van der Waals surface area (Å²) in [5.74, 6) is -1.65. The highest BCUT2D eigenvalue weighted by Gasteiger charge is 2.30. The van der Waals surface area contributed by atoms with E-state index in [9.17, 15) is 14.4 Å². The first-order valence-electron chi connectivity index (χ1n) is 7.23. The van der Waals surface area contributed by atoms with Crippen LogP contribution in [0.15, 0.2) is 0 Å². The second-order valence-corrected chi connectivity index (χ2v) is 6.25. The average molecular weight is 299 g/mol. The number of imide groups is 1. The van der Waals surface area contributed by atoms with Gasteiger partial charge < -0.3 is 15.3 Å². The van der Waals surface area contributed by atoms with Gasteiger partial charge >= 0.3 is 12.0 Å². The number of likely N-dealkylation sites (tertiary alicyclic amines) is 1. The standard InChI is InChI=1S/C14H25N3O4/c1-14(2,12(19)20)8-11(18)16-13(21)15-9-10-6-4-5-7-17(10)3/h10H,4-9H2,1-3H3,(H,19,20)(H2,15,16,18,21). The second-order valence-electron chi connectivity index (χ2n) is 6.25. The van der Waals surface area contributed by atoms with E-state index in [-0.39, 0.29) is 12.5 Å². The Morgan fingerprint density at radius 3 is 2.52 bits per heavy atom. The van der Waals surface area contributed by atoms with Crippen molar-refractivity contribution in [3.05, 3.63) is 0 Å². The number of carboxylic acids is 1. The Bertz CT molecular complexity index is 409. The van der Waals surface area contributed by atoms with Gasteiger partial charge in [0.15, 0.2) is 0 Å². The molecule has 0 aliphatic carbocycles. The fraction of sp³-hybridized carbons (Fsp3) is 0.786. The number of likely N-dealkylation sites (N-methyl/N-ethyl adjacent to an activating group) is 1. The van der Waals surface area contributed by atoms with Crippen LogP contribution in [0.1, 0.15) is 39.5 Å². The highest BCUT2D eigenvalue weighted by Crippen LogP contribution is 2.19. The topological polar surface area (TPSA) is 98.7 Å². The summed E-state index contributed by atoms with van der Waals surface area (Å²) in [7, 11) is 2.02. The number of urea groups is 1. The van der Waals surface area contributed by atoms with Crippen LogP contribution in [0.4, 0.5) is 4.79 Å². The molecule has 0 bridgehead atoms. The van der Waals surface area contributed by atoms with Gasteiger partial charge in [-0.15, -0.1) is 0 Å². The molecule has 0 saturated carbocycles. The molecule has 0 spiro atoms. The quantitative estimate of drug-likeness (QED) is 0.697. The summed E-state index contributed by atoms with van der Waals surface area (Å²) in [5.41, 5.74) is -1.19. The summed E-state index contributed by atoms with van der Waals surface area (Å²) in [5, 5.41) is 13.8. The number of hydrogen-bond acceptors (Lipinski definition) is 4. The predicted molar refractivity (Wildman–Crippen MR) is 77.8 cm³/mol. The number of piperidine rings is 1. The lowest BCUT2D eigenvalue weighted by Crippen LogP contribution is -2.48. The molecule has 1 saturated heterocycles. The van der Waals surface area contributed by atoms with Crippen molar-refractivity contribution in [2.45, 2.75) is 45.6 Å². The summed E-state index contributed by atoms with van der Waals surface area (Å²) in [6.45, 7) is 4.39. The van der Waals surface area contributed by atoms with Gasteiger partial charge in [0.05, 0.1) is 5.41 Å². The van der Waals surface area contributed by atoms with Crippen LogP contribution < -0.4 is 10.6 Å². The largest absolute Gasteiger partial charge is 0.481 e. The maximum absolute atomic E-state index is 11.6. The fourth-order valence-electron chi connectivity index (χ4n) is 2.30. The van der Waals surface area contributed by atoms with Gasteiger partial charge in [-0.2, -0.15) is 0 Å². The Morgan fingerprint density at radius 1 is 1.29 bits per heavy atom. The van der Waals surface area contributed by atoms with Crippen molar-refractivity contribution in [2.24, 2.45) is 5.41 Å². The molecule has 1 unspecified atom stereocenters. The zero-order valence-electron chi connectivity index (χ0n) is 12.9. The molecule has 1 atom stereocenters. The van der Waals surface area contributed by atoms with Crippen molar-refractivity contribution in [1.82, 2.24) is 15.5 Å². The molecule has 120 valence electrons. The van der Waals surface area contributed by atoms with Crippen LogP contribution in [0.3, 0.4) is 0 Å². The van der Waals surface area contributed by atoms with Crippen LogP contribution >= 0.6 is 0 Å². The molecule has 1 aliphatic heterocycles. The van der Waals surface area contributed by atoms with Gasteiger partial charge in [0.2, 0.25) is 5.91 Å². The number of rotatable bonds is 5. The molecule has 7 nitrogen and oxygen atoms in total. The molecule has 21 heavy (non-hydrogen) atoms. The minimum atomic E-state index is -1.19. The molecule has 1 fully saturated rings. The molecule has 1 heterocycles. The van der Waals surface area contributed by atoms with Gasteiger partial charge in [-0.1, -0.05) is 6.42 Å². The third-order valence-electron chi connectivity index (χ3n) is 3.85. The molecule has 0 aromatic carbocycles. The van der Waals surface area contributed by atoms with E-state index in [0.29, 0.717) is 6.54 Å². The van der Waals surface area contributed by atoms with Crippen molar-refractivity contribution < 1.29 is 19.5 Å². The maximum atomic E-state index is 11.6. The minimum Gasteiger partial charge on any atom is -0.481 e. The zero-order valence-corrected chi connectivity index (χ0v) is 12.9. The molecule has 0 aromatic rings. The first-order valence-corrected chi connectivity index (χ1v) is 7.23. The van der Waals surface area contributed by atoms with Crippen molar-refractivity contribution in [3.8, 4) is 0 Å². The third kappa shape index (κ3) is 5.71. The number of hydrogen-bond donors (Lipinski definition) is 3. The smallest absolute Gasteiger partial charge is 0.321 e. The van der Waals surface area contributed by atoms with E-state index in [4.69, 9.17) is 5.11 Å². The molecule has 1 aliphatic rings. The number of amides is 3. The third-order valence-corrected chi connectivity index (χ3v) is 3.85. The van der Waals surface area contributed by atoms with Gasteiger partial charge in [0.1, 0.15) is 0 Å². The lowest BCUT2D eigenvalue weighted by atomic mass is 9.89. The number of aliphatic carboxylic acids is 1. The van der Waals surface area contributed by atoms with Crippen molar-refractivity contribution in [3.63, 3.8) is 0 Å². The molecular weight excluding hydrogens is 274 g/mol. The Morgan fingerprint density at radius 2 is 1.95 bits per heavy atom. The lowest BCUT2D eigenvalue weighted by molar-refractivity contribution is -0.149. The molecule has 3 N–H and O–H groups in total. The van der Waals surface area contributed by atoms with E-state index >= 15 is 0 Å². The van der Waals surface area contributed by atoms with Crippen molar-refractivity contribution in [2.75, 3.05) is 20.1 Å². The monoisotopic (exact) mass is 299 g/mol. The minimum absolute atomic E-state index is 0.237. The van der Waals surface area contributed by atoms with Gasteiger partial charge in [0, 0.05) is 19.0 Å². The first kappa shape index (κ1) is 17.4. The summed E-state index contributed by atoms with van der Waals surface area (Å²) < 4.78 is 0. The highest BCUT2D eigenvalue weighted by atomic mass is 16.4. The number of nitrogens with zero attached hydrogens (tertiary/aromatic N) is 1. The Kier molecular flexibility index (Phi) is 6.14. The molecule has 1 rings (SSSR count). The maximum Gasteiger partial charge on any atom is 0.321 e. The number of carbonyl (C=O) groups excluding carboxylic acids is 2. The van der Waals surface area contributed by atoms with Crippen molar-refractivity contribution >= 4 is 17.9 Å². The first-order chi connectivity index (χ1) is 9.72. The number of carboxylic acid groups (broad SMARTS) is 1. The van der Waals surface area contributed by atoms with E-state index in [1.54, 1.807) is 0 Å². The average Bonchev–Trinajstić information content (AvgIpc) is 2.36. The Labute approximate surface area is 125 Å². The summed E-state index contributed by atoms with van der Waals surface area (Å²) >= 11 is 0.